The van der Waals surface area contributed by atoms with Gasteiger partial charge in [-0.25, -0.2) is 4.39 Å². The summed E-state index contributed by atoms with van der Waals surface area (Å²) in [6.07, 6.45) is 2.43. The van der Waals surface area contributed by atoms with Crippen molar-refractivity contribution < 1.29 is 4.39 Å². The molecular formula is C14H21FN2. The fourth-order valence-electron chi connectivity index (χ4n) is 2.46. The average Bonchev–Trinajstić information content (AvgIpc) is 3.08. The van der Waals surface area contributed by atoms with Gasteiger partial charge in [0.1, 0.15) is 5.82 Å². The number of likely N-dealkylation sites (N-methyl/N-ethyl adjacent to an activating group) is 1. The summed E-state index contributed by atoms with van der Waals surface area (Å²) in [5.41, 5.74) is 7.22. The van der Waals surface area contributed by atoms with Gasteiger partial charge in [0.15, 0.2) is 0 Å². The monoisotopic (exact) mass is 236 g/mol. The van der Waals surface area contributed by atoms with E-state index < -0.39 is 0 Å². The van der Waals surface area contributed by atoms with Crippen LogP contribution in [-0.4, -0.2) is 19.1 Å². The quantitative estimate of drug-likeness (QED) is 0.871. The number of nitrogens with zero attached hydrogens (tertiary/aromatic N) is 1. The van der Waals surface area contributed by atoms with Crippen LogP contribution in [0.5, 0.6) is 0 Å². The molecule has 0 aromatic heterocycles. The van der Waals surface area contributed by atoms with Gasteiger partial charge >= 0.3 is 0 Å². The molecule has 1 aliphatic carbocycles. The molecule has 1 atom stereocenters. The summed E-state index contributed by atoms with van der Waals surface area (Å²) in [6.45, 7) is 5.08. The van der Waals surface area contributed by atoms with E-state index in [1.165, 1.54) is 25.0 Å². The first-order chi connectivity index (χ1) is 7.93. The van der Waals surface area contributed by atoms with E-state index in [2.05, 4.69) is 18.7 Å². The molecule has 0 bridgehead atoms. The second-order valence-corrected chi connectivity index (χ2v) is 5.57. The van der Waals surface area contributed by atoms with Crippen LogP contribution < -0.4 is 10.6 Å². The lowest BCUT2D eigenvalue weighted by Crippen LogP contribution is -2.55. The van der Waals surface area contributed by atoms with Crippen LogP contribution in [0, 0.1) is 11.2 Å². The molecule has 1 fully saturated rings. The molecule has 0 amide bonds. The number of rotatable bonds is 4. The van der Waals surface area contributed by atoms with E-state index in [0.29, 0.717) is 6.54 Å². The molecule has 17 heavy (non-hydrogen) atoms. The lowest BCUT2D eigenvalue weighted by molar-refractivity contribution is 0.289. The van der Waals surface area contributed by atoms with Crippen molar-refractivity contribution in [2.75, 3.05) is 18.5 Å². The number of anilines is 1. The Morgan fingerprint density at radius 3 is 2.29 bits per heavy atom. The van der Waals surface area contributed by atoms with Crippen molar-refractivity contribution in [2.24, 2.45) is 11.1 Å². The molecule has 2 N–H and O–H groups in total. The minimum absolute atomic E-state index is 0.0647. The molecule has 1 aliphatic rings. The highest BCUT2D eigenvalue weighted by Crippen LogP contribution is 2.55. The number of halogens is 1. The third-order valence-electron chi connectivity index (χ3n) is 4.65. The van der Waals surface area contributed by atoms with Crippen molar-refractivity contribution in [1.82, 2.24) is 0 Å². The fourth-order valence-corrected chi connectivity index (χ4v) is 2.46. The summed E-state index contributed by atoms with van der Waals surface area (Å²) in [5.74, 6) is -0.200. The third kappa shape index (κ3) is 1.93. The van der Waals surface area contributed by atoms with Crippen molar-refractivity contribution in [1.29, 1.82) is 0 Å². The highest BCUT2D eigenvalue weighted by molar-refractivity contribution is 5.49. The minimum atomic E-state index is -0.200. The van der Waals surface area contributed by atoms with Crippen LogP contribution in [0.15, 0.2) is 24.3 Å². The predicted molar refractivity (Wildman–Crippen MR) is 69.6 cm³/mol. The Morgan fingerprint density at radius 1 is 1.35 bits per heavy atom. The van der Waals surface area contributed by atoms with Gasteiger partial charge in [-0.05, 0) is 49.4 Å². The molecule has 0 heterocycles. The Hall–Kier alpha value is -1.09. The zero-order valence-electron chi connectivity index (χ0n) is 10.8. The van der Waals surface area contributed by atoms with Crippen molar-refractivity contribution in [3.05, 3.63) is 30.1 Å². The zero-order chi connectivity index (χ0) is 12.7. The molecule has 0 spiro atoms. The highest BCUT2D eigenvalue weighted by Gasteiger charge is 2.54. The molecule has 1 saturated carbocycles. The first-order valence-electron chi connectivity index (χ1n) is 6.12. The van der Waals surface area contributed by atoms with Crippen molar-refractivity contribution in [3.8, 4) is 0 Å². The highest BCUT2D eigenvalue weighted by atomic mass is 19.1. The lowest BCUT2D eigenvalue weighted by atomic mass is 9.82. The zero-order valence-corrected chi connectivity index (χ0v) is 10.8. The molecule has 94 valence electrons. The standard InChI is InChI=1S/C14H21FN2/c1-13(8-9-13)14(2,10-16)17(3)12-6-4-11(15)5-7-12/h4-7H,8-10,16H2,1-3H3. The molecule has 1 aromatic rings. The minimum Gasteiger partial charge on any atom is -0.367 e. The molecule has 3 heteroatoms. The van der Waals surface area contributed by atoms with Crippen LogP contribution in [0.2, 0.25) is 0 Å². The fraction of sp³-hybridized carbons (Fsp3) is 0.571. The Morgan fingerprint density at radius 2 is 1.88 bits per heavy atom. The van der Waals surface area contributed by atoms with E-state index in [4.69, 9.17) is 5.73 Å². The van der Waals surface area contributed by atoms with Crippen LogP contribution >= 0.6 is 0 Å². The Labute approximate surface area is 103 Å². The van der Waals surface area contributed by atoms with E-state index in [1.807, 2.05) is 19.2 Å². The van der Waals surface area contributed by atoms with E-state index in [-0.39, 0.29) is 16.8 Å². The van der Waals surface area contributed by atoms with E-state index in [9.17, 15) is 4.39 Å². The SMILES string of the molecule is CN(c1ccc(F)cc1)C(C)(CN)C1(C)CC1. The number of hydrogen-bond donors (Lipinski definition) is 1. The molecule has 1 unspecified atom stereocenters. The largest absolute Gasteiger partial charge is 0.367 e. The predicted octanol–water partition coefficient (Wildman–Crippen LogP) is 2.78. The first-order valence-corrected chi connectivity index (χ1v) is 6.12. The summed E-state index contributed by atoms with van der Waals surface area (Å²) < 4.78 is 12.9. The summed E-state index contributed by atoms with van der Waals surface area (Å²) in [4.78, 5) is 2.19. The third-order valence-corrected chi connectivity index (χ3v) is 4.65. The van der Waals surface area contributed by atoms with E-state index >= 15 is 0 Å². The molecule has 2 nitrogen and oxygen atoms in total. The van der Waals surface area contributed by atoms with E-state index in [1.54, 1.807) is 0 Å². The number of nitrogens with two attached hydrogens (primary N) is 1. The van der Waals surface area contributed by atoms with Crippen LogP contribution in [0.3, 0.4) is 0 Å². The first kappa shape index (κ1) is 12.4. The van der Waals surface area contributed by atoms with Crippen molar-refractivity contribution in [3.63, 3.8) is 0 Å². The molecule has 0 radical (unpaired) electrons. The van der Waals surface area contributed by atoms with Crippen LogP contribution in [0.25, 0.3) is 0 Å². The van der Waals surface area contributed by atoms with Gasteiger partial charge in [0.2, 0.25) is 0 Å². The molecular weight excluding hydrogens is 215 g/mol. The van der Waals surface area contributed by atoms with Gasteiger partial charge in [-0.15, -0.1) is 0 Å². The van der Waals surface area contributed by atoms with Crippen molar-refractivity contribution in [2.45, 2.75) is 32.2 Å². The summed E-state index contributed by atoms with van der Waals surface area (Å²) >= 11 is 0. The Balaban J connectivity index is 2.29. The average molecular weight is 236 g/mol. The van der Waals surface area contributed by atoms with Gasteiger partial charge in [0.25, 0.3) is 0 Å². The van der Waals surface area contributed by atoms with Gasteiger partial charge in [0.05, 0.1) is 5.54 Å². The van der Waals surface area contributed by atoms with E-state index in [0.717, 1.165) is 5.69 Å². The van der Waals surface area contributed by atoms with Crippen LogP contribution in [0.1, 0.15) is 26.7 Å². The van der Waals surface area contributed by atoms with Crippen LogP contribution in [-0.2, 0) is 0 Å². The molecule has 0 saturated heterocycles. The smallest absolute Gasteiger partial charge is 0.123 e. The van der Waals surface area contributed by atoms with Gasteiger partial charge in [-0.2, -0.15) is 0 Å². The normalized spacial score (nSPS) is 20.8. The number of benzene rings is 1. The maximum Gasteiger partial charge on any atom is 0.123 e. The maximum atomic E-state index is 12.9. The van der Waals surface area contributed by atoms with Gasteiger partial charge in [-0.1, -0.05) is 6.92 Å². The Bertz CT molecular complexity index is 397. The summed E-state index contributed by atoms with van der Waals surface area (Å²) in [5, 5.41) is 0. The molecule has 0 aliphatic heterocycles. The number of hydrogen-bond acceptors (Lipinski definition) is 2. The van der Waals surface area contributed by atoms with Crippen molar-refractivity contribution >= 4 is 5.69 Å². The second-order valence-electron chi connectivity index (χ2n) is 5.57. The summed E-state index contributed by atoms with van der Waals surface area (Å²) in [7, 11) is 2.05. The maximum absolute atomic E-state index is 12.9. The second kappa shape index (κ2) is 3.98. The molecule has 1 aromatic carbocycles. The van der Waals surface area contributed by atoms with Crippen LogP contribution in [0.4, 0.5) is 10.1 Å². The Kier molecular flexibility index (Phi) is 2.90. The van der Waals surface area contributed by atoms with Gasteiger partial charge in [-0.3, -0.25) is 0 Å². The van der Waals surface area contributed by atoms with Gasteiger partial charge < -0.3 is 10.6 Å². The summed E-state index contributed by atoms with van der Waals surface area (Å²) in [6, 6.07) is 6.62. The lowest BCUT2D eigenvalue weighted by Gasteiger charge is -2.45. The topological polar surface area (TPSA) is 29.3 Å². The van der Waals surface area contributed by atoms with Gasteiger partial charge in [0, 0.05) is 19.3 Å². The molecule has 2 rings (SSSR count).